The van der Waals surface area contributed by atoms with Gasteiger partial charge in [0.15, 0.2) is 11.5 Å². The van der Waals surface area contributed by atoms with E-state index >= 15 is 0 Å². The van der Waals surface area contributed by atoms with E-state index in [9.17, 15) is 0 Å². The molecular weight excluding hydrogens is 344 g/mol. The first-order valence-electron chi connectivity index (χ1n) is 8.53. The molecule has 0 saturated carbocycles. The van der Waals surface area contributed by atoms with Crippen molar-refractivity contribution in [1.29, 1.82) is 5.26 Å². The van der Waals surface area contributed by atoms with E-state index in [0.29, 0.717) is 5.69 Å². The zero-order valence-electron chi connectivity index (χ0n) is 14.2. The smallest absolute Gasteiger partial charge is 0.163 e. The molecule has 4 rings (SSSR count). The molecule has 6 nitrogen and oxygen atoms in total. The maximum Gasteiger partial charge on any atom is 0.163 e. The zero-order valence-corrected chi connectivity index (χ0v) is 15.1. The summed E-state index contributed by atoms with van der Waals surface area (Å²) < 4.78 is 0. The third kappa shape index (κ3) is 3.72. The molecule has 0 spiro atoms. The van der Waals surface area contributed by atoms with E-state index in [1.165, 1.54) is 5.56 Å². The Morgan fingerprint density at radius 1 is 1.00 bits per heavy atom. The number of nitriles is 1. The third-order valence-corrected chi connectivity index (χ3v) is 5.36. The summed E-state index contributed by atoms with van der Waals surface area (Å²) in [5, 5.41) is 20.1. The van der Waals surface area contributed by atoms with Gasteiger partial charge in [-0.1, -0.05) is 30.3 Å². The Morgan fingerprint density at radius 2 is 1.81 bits per heavy atom. The van der Waals surface area contributed by atoms with Crippen LogP contribution >= 0.6 is 11.3 Å². The molecule has 0 amide bonds. The molecule has 0 N–H and O–H groups in total. The van der Waals surface area contributed by atoms with Crippen molar-refractivity contribution in [3.63, 3.8) is 0 Å². The van der Waals surface area contributed by atoms with E-state index in [1.54, 1.807) is 17.4 Å². The lowest BCUT2D eigenvalue weighted by Crippen LogP contribution is -2.46. The molecule has 1 fully saturated rings. The van der Waals surface area contributed by atoms with Crippen LogP contribution in [0, 0.1) is 11.3 Å². The zero-order chi connectivity index (χ0) is 17.8. The van der Waals surface area contributed by atoms with E-state index in [0.717, 1.165) is 49.2 Å². The first-order chi connectivity index (χ1) is 12.8. The molecule has 2 aromatic heterocycles. The molecule has 1 aromatic carbocycles. The van der Waals surface area contributed by atoms with Gasteiger partial charge in [0.05, 0.1) is 5.69 Å². The van der Waals surface area contributed by atoms with Gasteiger partial charge in [0, 0.05) is 43.7 Å². The van der Waals surface area contributed by atoms with Gasteiger partial charge in [-0.05, 0) is 12.1 Å². The quantitative estimate of drug-likeness (QED) is 0.711. The topological polar surface area (TPSA) is 68.9 Å². The number of anilines is 1. The minimum Gasteiger partial charge on any atom is -0.353 e. The fraction of sp³-hybridized carbons (Fsp3) is 0.263. The number of benzene rings is 1. The standard InChI is InChI=1S/C19H18N6S/c20-12-16-6-7-18(23-22-16)25-10-8-24(9-11-25)13-17-14-26-19(21-17)15-4-2-1-3-5-15/h1-7,14H,8-11,13H2. The van der Waals surface area contributed by atoms with Crippen molar-refractivity contribution in [2.75, 3.05) is 31.1 Å². The molecule has 0 bridgehead atoms. The summed E-state index contributed by atoms with van der Waals surface area (Å²) >= 11 is 1.70. The SMILES string of the molecule is N#Cc1ccc(N2CCN(Cc3csc(-c4ccccc4)n3)CC2)nn1. The van der Waals surface area contributed by atoms with Crippen molar-refractivity contribution >= 4 is 17.2 Å². The highest BCUT2D eigenvalue weighted by atomic mass is 32.1. The molecule has 0 radical (unpaired) electrons. The molecule has 0 atom stereocenters. The molecule has 1 aliphatic rings. The lowest BCUT2D eigenvalue weighted by Gasteiger charge is -2.34. The second kappa shape index (κ2) is 7.60. The van der Waals surface area contributed by atoms with Crippen LogP contribution < -0.4 is 4.90 Å². The van der Waals surface area contributed by atoms with E-state index in [2.05, 4.69) is 37.5 Å². The minimum atomic E-state index is 0.352. The highest BCUT2D eigenvalue weighted by molar-refractivity contribution is 7.13. The van der Waals surface area contributed by atoms with Gasteiger partial charge in [0.1, 0.15) is 11.1 Å². The van der Waals surface area contributed by atoms with Gasteiger partial charge in [-0.3, -0.25) is 4.90 Å². The second-order valence-corrected chi connectivity index (χ2v) is 7.02. The number of aromatic nitrogens is 3. The monoisotopic (exact) mass is 362 g/mol. The third-order valence-electron chi connectivity index (χ3n) is 4.42. The average Bonchev–Trinajstić information content (AvgIpc) is 3.18. The lowest BCUT2D eigenvalue weighted by molar-refractivity contribution is 0.247. The summed E-state index contributed by atoms with van der Waals surface area (Å²) in [5.41, 5.74) is 2.65. The molecule has 0 unspecified atom stereocenters. The van der Waals surface area contributed by atoms with Gasteiger partial charge in [-0.2, -0.15) is 5.26 Å². The maximum atomic E-state index is 8.81. The molecule has 1 aliphatic heterocycles. The predicted octanol–water partition coefficient (Wildman–Crippen LogP) is 2.79. The van der Waals surface area contributed by atoms with E-state index in [4.69, 9.17) is 10.2 Å². The summed E-state index contributed by atoms with van der Waals surface area (Å²) in [6.45, 7) is 4.59. The molecule has 3 heterocycles. The van der Waals surface area contributed by atoms with Crippen LogP contribution in [0.2, 0.25) is 0 Å². The first kappa shape index (κ1) is 16.6. The fourth-order valence-corrected chi connectivity index (χ4v) is 3.83. The molecular formula is C19H18N6S. The lowest BCUT2D eigenvalue weighted by atomic mass is 10.2. The van der Waals surface area contributed by atoms with Gasteiger partial charge in [0.2, 0.25) is 0 Å². The van der Waals surface area contributed by atoms with Crippen molar-refractivity contribution < 1.29 is 0 Å². The molecule has 1 saturated heterocycles. The minimum absolute atomic E-state index is 0.352. The Kier molecular flexibility index (Phi) is 4.86. The number of hydrogen-bond acceptors (Lipinski definition) is 7. The van der Waals surface area contributed by atoms with Crippen molar-refractivity contribution in [3.8, 4) is 16.6 Å². The van der Waals surface area contributed by atoms with Crippen LogP contribution in [0.5, 0.6) is 0 Å². The van der Waals surface area contributed by atoms with Crippen molar-refractivity contribution in [2.45, 2.75) is 6.54 Å². The van der Waals surface area contributed by atoms with Crippen LogP contribution in [0.1, 0.15) is 11.4 Å². The van der Waals surface area contributed by atoms with Crippen molar-refractivity contribution in [3.05, 3.63) is 59.2 Å². The Labute approximate surface area is 156 Å². The Balaban J connectivity index is 1.34. The normalized spacial score (nSPS) is 15.0. The van der Waals surface area contributed by atoms with E-state index < -0.39 is 0 Å². The van der Waals surface area contributed by atoms with Crippen LogP contribution in [0.4, 0.5) is 5.82 Å². The van der Waals surface area contributed by atoms with E-state index in [-0.39, 0.29) is 0 Å². The van der Waals surface area contributed by atoms with Crippen LogP contribution in [0.15, 0.2) is 47.8 Å². The van der Waals surface area contributed by atoms with Gasteiger partial charge in [-0.25, -0.2) is 4.98 Å². The molecule has 7 heteroatoms. The van der Waals surface area contributed by atoms with Gasteiger partial charge >= 0.3 is 0 Å². The summed E-state index contributed by atoms with van der Waals surface area (Å²) in [6, 6.07) is 15.9. The van der Waals surface area contributed by atoms with Crippen LogP contribution in [-0.4, -0.2) is 46.3 Å². The number of thiazole rings is 1. The van der Waals surface area contributed by atoms with Crippen molar-refractivity contribution in [2.24, 2.45) is 0 Å². The molecule has 0 aliphatic carbocycles. The van der Waals surface area contributed by atoms with Crippen LogP contribution in [-0.2, 0) is 6.54 Å². The number of nitrogens with zero attached hydrogens (tertiary/aromatic N) is 6. The summed E-state index contributed by atoms with van der Waals surface area (Å²) in [5.74, 6) is 0.837. The fourth-order valence-electron chi connectivity index (χ4n) is 3.01. The second-order valence-electron chi connectivity index (χ2n) is 6.16. The Hall–Kier alpha value is -2.82. The van der Waals surface area contributed by atoms with Gasteiger partial charge in [-0.15, -0.1) is 21.5 Å². The number of hydrogen-bond donors (Lipinski definition) is 0. The number of piperazine rings is 1. The average molecular weight is 362 g/mol. The molecule has 3 aromatic rings. The highest BCUT2D eigenvalue weighted by Gasteiger charge is 2.19. The Bertz CT molecular complexity index is 892. The van der Waals surface area contributed by atoms with Gasteiger partial charge < -0.3 is 4.90 Å². The largest absolute Gasteiger partial charge is 0.353 e. The summed E-state index contributed by atoms with van der Waals surface area (Å²) in [4.78, 5) is 9.40. The number of rotatable bonds is 4. The van der Waals surface area contributed by atoms with Gasteiger partial charge in [0.25, 0.3) is 0 Å². The maximum absolute atomic E-state index is 8.81. The molecule has 130 valence electrons. The predicted molar refractivity (Wildman–Crippen MR) is 102 cm³/mol. The van der Waals surface area contributed by atoms with Crippen LogP contribution in [0.3, 0.4) is 0 Å². The van der Waals surface area contributed by atoms with Crippen LogP contribution in [0.25, 0.3) is 10.6 Å². The van der Waals surface area contributed by atoms with Crippen molar-refractivity contribution in [1.82, 2.24) is 20.1 Å². The Morgan fingerprint density at radius 3 is 2.50 bits per heavy atom. The highest BCUT2D eigenvalue weighted by Crippen LogP contribution is 2.24. The van der Waals surface area contributed by atoms with E-state index in [1.807, 2.05) is 30.3 Å². The summed E-state index contributed by atoms with van der Waals surface area (Å²) in [7, 11) is 0. The summed E-state index contributed by atoms with van der Waals surface area (Å²) in [6.07, 6.45) is 0. The molecule has 26 heavy (non-hydrogen) atoms. The first-order valence-corrected chi connectivity index (χ1v) is 9.41.